The van der Waals surface area contributed by atoms with Gasteiger partial charge < -0.3 is 14.4 Å². The molecule has 2 aliphatic rings. The van der Waals surface area contributed by atoms with E-state index in [2.05, 4.69) is 29.2 Å². The highest BCUT2D eigenvalue weighted by Crippen LogP contribution is 2.31. The SMILES string of the molecule is O=C(CCc1ccc2c(c1)OCCO2)N1CCN(Cc2ccccc2)CC1. The number of hydrogen-bond donors (Lipinski definition) is 0. The Balaban J connectivity index is 1.24. The van der Waals surface area contributed by atoms with Crippen LogP contribution in [0, 0.1) is 0 Å². The van der Waals surface area contributed by atoms with E-state index < -0.39 is 0 Å². The maximum absolute atomic E-state index is 12.6. The molecule has 0 atom stereocenters. The first-order valence-corrected chi connectivity index (χ1v) is 9.70. The number of fused-ring (bicyclic) bond motifs is 1. The number of amides is 1. The molecule has 0 saturated carbocycles. The fraction of sp³-hybridized carbons (Fsp3) is 0.409. The first-order chi connectivity index (χ1) is 13.3. The lowest BCUT2D eigenvalue weighted by molar-refractivity contribution is -0.133. The third-order valence-electron chi connectivity index (χ3n) is 5.21. The molecule has 1 fully saturated rings. The number of carbonyl (C=O) groups excluding carboxylic acids is 1. The molecule has 2 aromatic rings. The molecule has 0 radical (unpaired) electrons. The molecular weight excluding hydrogens is 340 g/mol. The van der Waals surface area contributed by atoms with E-state index in [1.54, 1.807) is 0 Å². The zero-order chi connectivity index (χ0) is 18.5. The molecule has 0 spiro atoms. The lowest BCUT2D eigenvalue weighted by Crippen LogP contribution is -2.48. The van der Waals surface area contributed by atoms with Gasteiger partial charge in [0.15, 0.2) is 11.5 Å². The fourth-order valence-electron chi connectivity index (χ4n) is 3.65. The summed E-state index contributed by atoms with van der Waals surface area (Å²) in [7, 11) is 0. The van der Waals surface area contributed by atoms with E-state index in [1.807, 2.05) is 29.2 Å². The second-order valence-corrected chi connectivity index (χ2v) is 7.12. The van der Waals surface area contributed by atoms with Crippen LogP contribution in [0.15, 0.2) is 48.5 Å². The summed E-state index contributed by atoms with van der Waals surface area (Å²) in [5.74, 6) is 1.83. The maximum atomic E-state index is 12.6. The van der Waals surface area contributed by atoms with Crippen LogP contribution in [0.2, 0.25) is 0 Å². The molecular formula is C22H26N2O3. The normalized spacial score (nSPS) is 17.0. The number of aryl methyl sites for hydroxylation is 1. The summed E-state index contributed by atoms with van der Waals surface area (Å²) in [6, 6.07) is 16.5. The van der Waals surface area contributed by atoms with Gasteiger partial charge in [0.25, 0.3) is 0 Å². The Hall–Kier alpha value is -2.53. The van der Waals surface area contributed by atoms with Crippen molar-refractivity contribution in [1.82, 2.24) is 9.80 Å². The predicted molar refractivity (Wildman–Crippen MR) is 104 cm³/mol. The maximum Gasteiger partial charge on any atom is 0.222 e. The molecule has 0 unspecified atom stereocenters. The van der Waals surface area contributed by atoms with Gasteiger partial charge in [0.1, 0.15) is 13.2 Å². The Kier molecular flexibility index (Phi) is 5.58. The van der Waals surface area contributed by atoms with Crippen LogP contribution >= 0.6 is 0 Å². The summed E-state index contributed by atoms with van der Waals surface area (Å²) < 4.78 is 11.2. The average Bonchev–Trinajstić information content (AvgIpc) is 2.73. The van der Waals surface area contributed by atoms with Crippen LogP contribution in [-0.4, -0.2) is 55.1 Å². The van der Waals surface area contributed by atoms with Crippen molar-refractivity contribution < 1.29 is 14.3 Å². The number of nitrogens with zero attached hydrogens (tertiary/aromatic N) is 2. The summed E-state index contributed by atoms with van der Waals surface area (Å²) in [5.41, 5.74) is 2.45. The van der Waals surface area contributed by atoms with Gasteiger partial charge in [0.05, 0.1) is 0 Å². The molecule has 2 aromatic carbocycles. The highest BCUT2D eigenvalue weighted by Gasteiger charge is 2.21. The second kappa shape index (κ2) is 8.44. The van der Waals surface area contributed by atoms with Crippen molar-refractivity contribution in [2.75, 3.05) is 39.4 Å². The van der Waals surface area contributed by atoms with Crippen molar-refractivity contribution >= 4 is 5.91 Å². The molecule has 2 heterocycles. The third-order valence-corrected chi connectivity index (χ3v) is 5.21. The lowest BCUT2D eigenvalue weighted by Gasteiger charge is -2.34. The van der Waals surface area contributed by atoms with Gasteiger partial charge in [-0.2, -0.15) is 0 Å². The van der Waals surface area contributed by atoms with Gasteiger partial charge in [-0.3, -0.25) is 9.69 Å². The first-order valence-electron chi connectivity index (χ1n) is 9.70. The number of benzene rings is 2. The molecule has 1 amide bonds. The van der Waals surface area contributed by atoms with E-state index >= 15 is 0 Å². The molecule has 5 heteroatoms. The standard InChI is InChI=1S/C22H26N2O3/c25-22(9-7-18-6-8-20-21(16-18)27-15-14-26-20)24-12-10-23(11-13-24)17-19-4-2-1-3-5-19/h1-6,8,16H,7,9-15,17H2. The molecule has 4 rings (SSSR count). The van der Waals surface area contributed by atoms with Gasteiger partial charge in [-0.25, -0.2) is 0 Å². The summed E-state index contributed by atoms with van der Waals surface area (Å²) in [6.45, 7) is 5.64. The van der Waals surface area contributed by atoms with Crippen LogP contribution < -0.4 is 9.47 Å². The van der Waals surface area contributed by atoms with E-state index in [0.717, 1.165) is 56.2 Å². The predicted octanol–water partition coefficient (Wildman–Crippen LogP) is 2.73. The first kappa shape index (κ1) is 17.9. The molecule has 0 bridgehead atoms. The minimum atomic E-state index is 0.240. The zero-order valence-electron chi connectivity index (χ0n) is 15.6. The van der Waals surface area contributed by atoms with E-state index in [4.69, 9.17) is 9.47 Å². The number of hydrogen-bond acceptors (Lipinski definition) is 4. The van der Waals surface area contributed by atoms with Crippen LogP contribution in [-0.2, 0) is 17.8 Å². The minimum Gasteiger partial charge on any atom is -0.486 e. The number of carbonyl (C=O) groups is 1. The van der Waals surface area contributed by atoms with Crippen LogP contribution in [0.1, 0.15) is 17.5 Å². The highest BCUT2D eigenvalue weighted by atomic mass is 16.6. The highest BCUT2D eigenvalue weighted by molar-refractivity contribution is 5.76. The summed E-state index contributed by atoms with van der Waals surface area (Å²) in [5, 5.41) is 0. The van der Waals surface area contributed by atoms with Crippen LogP contribution in [0.5, 0.6) is 11.5 Å². The van der Waals surface area contributed by atoms with Crippen molar-refractivity contribution in [3.63, 3.8) is 0 Å². The second-order valence-electron chi connectivity index (χ2n) is 7.12. The van der Waals surface area contributed by atoms with Gasteiger partial charge in [0, 0.05) is 39.1 Å². The Labute approximate surface area is 160 Å². The molecule has 0 N–H and O–H groups in total. The van der Waals surface area contributed by atoms with Crippen molar-refractivity contribution in [2.24, 2.45) is 0 Å². The Bertz CT molecular complexity index is 770. The molecule has 5 nitrogen and oxygen atoms in total. The van der Waals surface area contributed by atoms with E-state index in [0.29, 0.717) is 19.6 Å². The fourth-order valence-corrected chi connectivity index (χ4v) is 3.65. The summed E-state index contributed by atoms with van der Waals surface area (Å²) >= 11 is 0. The van der Waals surface area contributed by atoms with Crippen molar-refractivity contribution in [3.8, 4) is 11.5 Å². The van der Waals surface area contributed by atoms with Gasteiger partial charge in [-0.1, -0.05) is 36.4 Å². The summed E-state index contributed by atoms with van der Waals surface area (Å²) in [6.07, 6.45) is 1.28. The van der Waals surface area contributed by atoms with Gasteiger partial charge >= 0.3 is 0 Å². The zero-order valence-corrected chi connectivity index (χ0v) is 15.6. The monoisotopic (exact) mass is 366 g/mol. The topological polar surface area (TPSA) is 42.0 Å². The van der Waals surface area contributed by atoms with Crippen molar-refractivity contribution in [2.45, 2.75) is 19.4 Å². The van der Waals surface area contributed by atoms with E-state index in [1.165, 1.54) is 5.56 Å². The molecule has 1 saturated heterocycles. The Morgan fingerprint density at radius 3 is 2.37 bits per heavy atom. The number of rotatable bonds is 5. The number of ether oxygens (including phenoxy) is 2. The van der Waals surface area contributed by atoms with Gasteiger partial charge in [-0.15, -0.1) is 0 Å². The van der Waals surface area contributed by atoms with Gasteiger partial charge in [-0.05, 0) is 29.7 Å². The molecule has 27 heavy (non-hydrogen) atoms. The Morgan fingerprint density at radius 1 is 0.852 bits per heavy atom. The number of piperazine rings is 1. The van der Waals surface area contributed by atoms with Gasteiger partial charge in [0.2, 0.25) is 5.91 Å². The molecule has 0 aromatic heterocycles. The van der Waals surface area contributed by atoms with E-state index in [-0.39, 0.29) is 5.91 Å². The largest absolute Gasteiger partial charge is 0.486 e. The smallest absolute Gasteiger partial charge is 0.222 e. The van der Waals surface area contributed by atoms with Crippen molar-refractivity contribution in [3.05, 3.63) is 59.7 Å². The van der Waals surface area contributed by atoms with Crippen LogP contribution in [0.4, 0.5) is 0 Å². The minimum absolute atomic E-state index is 0.240. The average molecular weight is 366 g/mol. The Morgan fingerprint density at radius 2 is 1.59 bits per heavy atom. The molecule has 2 aliphatic heterocycles. The molecule has 0 aliphatic carbocycles. The van der Waals surface area contributed by atoms with E-state index in [9.17, 15) is 4.79 Å². The van der Waals surface area contributed by atoms with Crippen LogP contribution in [0.3, 0.4) is 0 Å². The lowest BCUT2D eigenvalue weighted by atomic mass is 10.1. The quantitative estimate of drug-likeness (QED) is 0.816. The third kappa shape index (κ3) is 4.61. The summed E-state index contributed by atoms with van der Waals surface area (Å²) in [4.78, 5) is 17.0. The van der Waals surface area contributed by atoms with Crippen molar-refractivity contribution in [1.29, 1.82) is 0 Å². The molecule has 142 valence electrons. The van der Waals surface area contributed by atoms with Crippen LogP contribution in [0.25, 0.3) is 0 Å².